The molecule has 2 unspecified atom stereocenters. The largest absolute Gasteiger partial charge is 0.379 e. The van der Waals surface area contributed by atoms with Gasteiger partial charge in [0.2, 0.25) is 0 Å². The number of ether oxygens (including phenoxy) is 1. The zero-order chi connectivity index (χ0) is 12.7. The summed E-state index contributed by atoms with van der Waals surface area (Å²) in [5, 5.41) is 3.59. The highest BCUT2D eigenvalue weighted by atomic mass is 16.5. The van der Waals surface area contributed by atoms with Gasteiger partial charge in [0, 0.05) is 7.11 Å². The van der Waals surface area contributed by atoms with Gasteiger partial charge in [0.25, 0.3) is 0 Å². The molecule has 0 saturated carbocycles. The van der Waals surface area contributed by atoms with Gasteiger partial charge >= 0.3 is 0 Å². The lowest BCUT2D eigenvalue weighted by molar-refractivity contribution is 0.0651. The third kappa shape index (κ3) is 4.14. The van der Waals surface area contributed by atoms with Crippen LogP contribution in [-0.2, 0) is 4.74 Å². The smallest absolute Gasteiger partial charge is 0.0763 e. The van der Waals surface area contributed by atoms with Crippen molar-refractivity contribution in [2.24, 2.45) is 0 Å². The fourth-order valence-corrected chi connectivity index (χ4v) is 2.17. The Morgan fingerprint density at radius 3 is 2.59 bits per heavy atom. The summed E-state index contributed by atoms with van der Waals surface area (Å²) in [6.45, 7) is 7.52. The number of rotatable bonds is 7. The Balaban J connectivity index is 2.88. The summed E-state index contributed by atoms with van der Waals surface area (Å²) < 4.78 is 5.59. The van der Waals surface area contributed by atoms with Gasteiger partial charge in [0.15, 0.2) is 0 Å². The molecule has 0 aliphatic rings. The van der Waals surface area contributed by atoms with Crippen LogP contribution in [0, 0.1) is 6.92 Å². The van der Waals surface area contributed by atoms with E-state index in [-0.39, 0.29) is 6.10 Å². The minimum Gasteiger partial charge on any atom is -0.379 e. The molecule has 1 rings (SSSR count). The molecular weight excluding hydrogens is 210 g/mol. The Bertz CT molecular complexity index is 320. The summed E-state index contributed by atoms with van der Waals surface area (Å²) >= 11 is 0. The predicted molar refractivity (Wildman–Crippen MR) is 73.3 cm³/mol. The van der Waals surface area contributed by atoms with E-state index in [1.54, 1.807) is 7.11 Å². The average Bonchev–Trinajstić information content (AvgIpc) is 2.34. The summed E-state index contributed by atoms with van der Waals surface area (Å²) in [6, 6.07) is 8.98. The van der Waals surface area contributed by atoms with Crippen LogP contribution in [0.5, 0.6) is 0 Å². The van der Waals surface area contributed by atoms with Gasteiger partial charge in [-0.25, -0.2) is 0 Å². The molecule has 2 heteroatoms. The van der Waals surface area contributed by atoms with Crippen molar-refractivity contribution in [3.05, 3.63) is 35.4 Å². The maximum atomic E-state index is 5.59. The fourth-order valence-electron chi connectivity index (χ4n) is 2.17. The Labute approximate surface area is 105 Å². The van der Waals surface area contributed by atoms with E-state index >= 15 is 0 Å². The van der Waals surface area contributed by atoms with Crippen molar-refractivity contribution in [3.63, 3.8) is 0 Å². The number of benzene rings is 1. The van der Waals surface area contributed by atoms with Crippen LogP contribution in [0.25, 0.3) is 0 Å². The first kappa shape index (κ1) is 14.2. The third-order valence-corrected chi connectivity index (χ3v) is 3.09. The van der Waals surface area contributed by atoms with Gasteiger partial charge in [-0.3, -0.25) is 0 Å². The Morgan fingerprint density at radius 2 is 2.06 bits per heavy atom. The average molecular weight is 235 g/mol. The lowest BCUT2D eigenvalue weighted by atomic mass is 9.98. The topological polar surface area (TPSA) is 21.3 Å². The molecule has 0 saturated heterocycles. The molecule has 0 amide bonds. The molecule has 1 N–H and O–H groups in total. The number of nitrogens with one attached hydrogen (secondary N) is 1. The zero-order valence-corrected chi connectivity index (χ0v) is 11.5. The second-order valence-electron chi connectivity index (χ2n) is 4.53. The van der Waals surface area contributed by atoms with Gasteiger partial charge < -0.3 is 10.1 Å². The molecule has 0 fully saturated rings. The first-order chi connectivity index (χ1) is 8.22. The second-order valence-corrected chi connectivity index (χ2v) is 4.53. The van der Waals surface area contributed by atoms with Crippen molar-refractivity contribution in [3.8, 4) is 0 Å². The summed E-state index contributed by atoms with van der Waals surface area (Å²) in [5.41, 5.74) is 2.63. The minimum atomic E-state index is 0.239. The van der Waals surface area contributed by atoms with Gasteiger partial charge in [-0.1, -0.05) is 43.7 Å². The Kier molecular flexibility index (Phi) is 6.23. The highest BCUT2D eigenvalue weighted by Crippen LogP contribution is 2.22. The first-order valence-corrected chi connectivity index (χ1v) is 6.55. The van der Waals surface area contributed by atoms with E-state index < -0.39 is 0 Å². The Hall–Kier alpha value is -0.860. The van der Waals surface area contributed by atoms with E-state index in [0.717, 1.165) is 19.4 Å². The van der Waals surface area contributed by atoms with Crippen LogP contribution < -0.4 is 5.32 Å². The van der Waals surface area contributed by atoms with E-state index in [9.17, 15) is 0 Å². The van der Waals surface area contributed by atoms with Crippen molar-refractivity contribution in [2.45, 2.75) is 45.8 Å². The molecule has 0 heterocycles. The van der Waals surface area contributed by atoms with Crippen LogP contribution in [0.4, 0.5) is 0 Å². The van der Waals surface area contributed by atoms with Crippen LogP contribution in [0.3, 0.4) is 0 Å². The van der Waals surface area contributed by atoms with E-state index in [2.05, 4.69) is 50.4 Å². The predicted octanol–water partition coefficient (Wildman–Crippen LogP) is 3.46. The van der Waals surface area contributed by atoms with Gasteiger partial charge in [-0.05, 0) is 31.9 Å². The molecule has 0 radical (unpaired) electrons. The molecular formula is C15H25NO. The van der Waals surface area contributed by atoms with E-state index in [0.29, 0.717) is 6.04 Å². The van der Waals surface area contributed by atoms with Crippen molar-refractivity contribution in [1.82, 2.24) is 5.32 Å². The van der Waals surface area contributed by atoms with Crippen LogP contribution in [0.2, 0.25) is 0 Å². The van der Waals surface area contributed by atoms with Crippen LogP contribution in [-0.4, -0.2) is 19.8 Å². The number of aryl methyl sites for hydroxylation is 1. The summed E-state index contributed by atoms with van der Waals surface area (Å²) in [6.07, 6.45) is 2.40. The SMILES string of the molecule is CCCNC(c1cccc(C)c1)C(CC)OC. The van der Waals surface area contributed by atoms with E-state index in [1.165, 1.54) is 11.1 Å². The third-order valence-electron chi connectivity index (χ3n) is 3.09. The maximum absolute atomic E-state index is 5.59. The fraction of sp³-hybridized carbons (Fsp3) is 0.600. The van der Waals surface area contributed by atoms with Gasteiger partial charge in [-0.15, -0.1) is 0 Å². The van der Waals surface area contributed by atoms with Crippen molar-refractivity contribution in [1.29, 1.82) is 0 Å². The molecule has 1 aromatic rings. The van der Waals surface area contributed by atoms with Crippen molar-refractivity contribution >= 4 is 0 Å². The molecule has 1 aromatic carbocycles. The quantitative estimate of drug-likeness (QED) is 0.781. The molecule has 2 atom stereocenters. The lowest BCUT2D eigenvalue weighted by Gasteiger charge is -2.27. The van der Waals surface area contributed by atoms with Crippen molar-refractivity contribution < 1.29 is 4.74 Å². The zero-order valence-electron chi connectivity index (χ0n) is 11.5. The van der Waals surface area contributed by atoms with Crippen LogP contribution >= 0.6 is 0 Å². The summed E-state index contributed by atoms with van der Waals surface area (Å²) in [7, 11) is 1.80. The number of hydrogen-bond acceptors (Lipinski definition) is 2. The summed E-state index contributed by atoms with van der Waals surface area (Å²) in [5.74, 6) is 0. The Morgan fingerprint density at radius 1 is 1.29 bits per heavy atom. The lowest BCUT2D eigenvalue weighted by Crippen LogP contribution is -2.33. The summed E-state index contributed by atoms with van der Waals surface area (Å²) in [4.78, 5) is 0. The molecule has 0 aliphatic carbocycles. The molecule has 17 heavy (non-hydrogen) atoms. The maximum Gasteiger partial charge on any atom is 0.0763 e. The first-order valence-electron chi connectivity index (χ1n) is 6.55. The molecule has 0 aliphatic heterocycles. The normalized spacial score (nSPS) is 14.6. The van der Waals surface area contributed by atoms with E-state index in [1.807, 2.05) is 0 Å². The van der Waals surface area contributed by atoms with Gasteiger partial charge in [0.05, 0.1) is 12.1 Å². The van der Waals surface area contributed by atoms with Crippen LogP contribution in [0.1, 0.15) is 43.9 Å². The highest BCUT2D eigenvalue weighted by molar-refractivity contribution is 5.26. The number of hydrogen-bond donors (Lipinski definition) is 1. The number of methoxy groups -OCH3 is 1. The second kappa shape index (κ2) is 7.46. The van der Waals surface area contributed by atoms with Crippen molar-refractivity contribution in [2.75, 3.05) is 13.7 Å². The van der Waals surface area contributed by atoms with E-state index in [4.69, 9.17) is 4.74 Å². The highest BCUT2D eigenvalue weighted by Gasteiger charge is 2.20. The van der Waals surface area contributed by atoms with Gasteiger partial charge in [-0.2, -0.15) is 0 Å². The molecule has 96 valence electrons. The molecule has 2 nitrogen and oxygen atoms in total. The molecule has 0 aromatic heterocycles. The van der Waals surface area contributed by atoms with Crippen LogP contribution in [0.15, 0.2) is 24.3 Å². The monoisotopic (exact) mass is 235 g/mol. The standard InChI is InChI=1S/C15H25NO/c1-5-10-16-15(14(6-2)17-4)13-9-7-8-12(3)11-13/h7-9,11,14-16H,5-6,10H2,1-4H3. The molecule has 0 spiro atoms. The molecule has 0 bridgehead atoms. The van der Waals surface area contributed by atoms with Gasteiger partial charge in [0.1, 0.15) is 0 Å². The minimum absolute atomic E-state index is 0.239.